The van der Waals surface area contributed by atoms with Gasteiger partial charge in [0.25, 0.3) is 0 Å². The van der Waals surface area contributed by atoms with Gasteiger partial charge in [-0.25, -0.2) is 8.42 Å². The van der Waals surface area contributed by atoms with E-state index in [-0.39, 0.29) is 23.5 Å². The Kier molecular flexibility index (Phi) is 3.03. The van der Waals surface area contributed by atoms with Gasteiger partial charge >= 0.3 is 0 Å². The van der Waals surface area contributed by atoms with E-state index in [4.69, 9.17) is 5.73 Å². The van der Waals surface area contributed by atoms with Crippen molar-refractivity contribution in [1.29, 1.82) is 0 Å². The molecular weight excluding hydrogens is 260 g/mol. The number of hydrogen-bond donors (Lipinski definition) is 1. The van der Waals surface area contributed by atoms with Crippen LogP contribution in [0.1, 0.15) is 18.0 Å². The molecule has 0 saturated carbocycles. The predicted octanol–water partition coefficient (Wildman–Crippen LogP) is 1.67. The third-order valence-electron chi connectivity index (χ3n) is 3.79. The summed E-state index contributed by atoms with van der Waals surface area (Å²) in [6.45, 7) is 0. The number of hydrogen-bond acceptors (Lipinski definition) is 4. The molecule has 0 bridgehead atoms. The van der Waals surface area contributed by atoms with Crippen LogP contribution < -0.4 is 5.73 Å². The summed E-state index contributed by atoms with van der Waals surface area (Å²) in [5, 5.41) is 1.07. The van der Waals surface area contributed by atoms with Crippen LogP contribution in [0.2, 0.25) is 0 Å². The summed E-state index contributed by atoms with van der Waals surface area (Å²) in [7, 11) is -2.89. The van der Waals surface area contributed by atoms with E-state index >= 15 is 0 Å². The van der Waals surface area contributed by atoms with Crippen LogP contribution in [-0.2, 0) is 9.84 Å². The molecule has 2 atom stereocenters. The quantitative estimate of drug-likeness (QED) is 0.905. The molecule has 0 aliphatic carbocycles. The second-order valence-corrected chi connectivity index (χ2v) is 7.37. The molecule has 2 aromatic rings. The number of pyridine rings is 1. The molecule has 1 aromatic heterocycles. The van der Waals surface area contributed by atoms with Crippen molar-refractivity contribution in [3.05, 3.63) is 42.1 Å². The zero-order chi connectivity index (χ0) is 13.5. The molecule has 1 aliphatic rings. The lowest BCUT2D eigenvalue weighted by Gasteiger charge is -2.18. The Hall–Kier alpha value is -1.46. The van der Waals surface area contributed by atoms with Crippen molar-refractivity contribution >= 4 is 20.7 Å². The molecule has 1 saturated heterocycles. The second-order valence-electron chi connectivity index (χ2n) is 5.14. The van der Waals surface area contributed by atoms with Gasteiger partial charge in [-0.1, -0.05) is 18.2 Å². The first-order valence-electron chi connectivity index (χ1n) is 6.36. The highest BCUT2D eigenvalue weighted by atomic mass is 32.2. The fraction of sp³-hybridized carbons (Fsp3) is 0.357. The summed E-state index contributed by atoms with van der Waals surface area (Å²) in [6.07, 6.45) is 2.40. The van der Waals surface area contributed by atoms with Crippen LogP contribution in [0.3, 0.4) is 0 Å². The van der Waals surface area contributed by atoms with Crippen molar-refractivity contribution in [3.63, 3.8) is 0 Å². The van der Waals surface area contributed by atoms with Crippen molar-refractivity contribution in [1.82, 2.24) is 4.98 Å². The van der Waals surface area contributed by atoms with E-state index < -0.39 is 9.84 Å². The summed E-state index contributed by atoms with van der Waals surface area (Å²) in [6, 6.07) is 9.58. The van der Waals surface area contributed by atoms with Crippen LogP contribution in [0.25, 0.3) is 10.9 Å². The van der Waals surface area contributed by atoms with E-state index in [0.29, 0.717) is 6.42 Å². The Bertz CT molecular complexity index is 712. The van der Waals surface area contributed by atoms with E-state index in [0.717, 1.165) is 16.5 Å². The lowest BCUT2D eigenvalue weighted by atomic mass is 9.93. The number of nitrogens with two attached hydrogens (primary N) is 1. The molecule has 1 aliphatic heterocycles. The smallest absolute Gasteiger partial charge is 0.150 e. The van der Waals surface area contributed by atoms with Crippen LogP contribution in [-0.4, -0.2) is 24.9 Å². The van der Waals surface area contributed by atoms with Crippen molar-refractivity contribution in [2.75, 3.05) is 11.5 Å². The number of sulfone groups is 1. The summed E-state index contributed by atoms with van der Waals surface area (Å²) < 4.78 is 23.0. The largest absolute Gasteiger partial charge is 0.324 e. The third-order valence-corrected chi connectivity index (χ3v) is 5.58. The van der Waals surface area contributed by atoms with Crippen molar-refractivity contribution in [2.24, 2.45) is 11.7 Å². The van der Waals surface area contributed by atoms with E-state index in [1.165, 1.54) is 0 Å². The molecule has 5 heteroatoms. The Balaban J connectivity index is 1.91. The average Bonchev–Trinajstić information content (AvgIpc) is 2.78. The van der Waals surface area contributed by atoms with E-state index in [2.05, 4.69) is 4.98 Å². The van der Waals surface area contributed by atoms with Gasteiger partial charge < -0.3 is 5.73 Å². The highest BCUT2D eigenvalue weighted by Gasteiger charge is 2.32. The molecule has 2 N–H and O–H groups in total. The maximum absolute atomic E-state index is 11.5. The van der Waals surface area contributed by atoms with Gasteiger partial charge in [-0.2, -0.15) is 0 Å². The maximum atomic E-state index is 11.5. The zero-order valence-corrected chi connectivity index (χ0v) is 11.3. The van der Waals surface area contributed by atoms with Crippen molar-refractivity contribution in [2.45, 2.75) is 12.5 Å². The first-order valence-corrected chi connectivity index (χ1v) is 8.18. The lowest BCUT2D eigenvalue weighted by Crippen LogP contribution is -2.22. The van der Waals surface area contributed by atoms with Crippen molar-refractivity contribution in [3.8, 4) is 0 Å². The van der Waals surface area contributed by atoms with Gasteiger partial charge in [0.1, 0.15) is 0 Å². The van der Waals surface area contributed by atoms with Gasteiger partial charge in [-0.05, 0) is 30.0 Å². The molecule has 2 unspecified atom stereocenters. The number of benzene rings is 1. The Morgan fingerprint density at radius 2 is 2.16 bits per heavy atom. The summed E-state index contributed by atoms with van der Waals surface area (Å²) in [5.41, 5.74) is 8.09. The van der Waals surface area contributed by atoms with Gasteiger partial charge in [0.2, 0.25) is 0 Å². The maximum Gasteiger partial charge on any atom is 0.150 e. The Morgan fingerprint density at radius 1 is 1.32 bits per heavy atom. The Labute approximate surface area is 112 Å². The van der Waals surface area contributed by atoms with Gasteiger partial charge in [0, 0.05) is 17.6 Å². The molecule has 4 nitrogen and oxygen atoms in total. The summed E-state index contributed by atoms with van der Waals surface area (Å²) in [5.74, 6) is 0.484. The minimum atomic E-state index is -2.89. The van der Waals surface area contributed by atoms with Gasteiger partial charge in [-0.15, -0.1) is 0 Å². The minimum absolute atomic E-state index is 0.0196. The normalized spacial score (nSPS) is 23.5. The van der Waals surface area contributed by atoms with E-state index in [1.807, 2.05) is 30.3 Å². The summed E-state index contributed by atoms with van der Waals surface area (Å²) in [4.78, 5) is 4.31. The van der Waals surface area contributed by atoms with Crippen LogP contribution in [0.15, 0.2) is 36.5 Å². The lowest BCUT2D eigenvalue weighted by molar-refractivity contribution is 0.480. The van der Waals surface area contributed by atoms with E-state index in [9.17, 15) is 8.42 Å². The highest BCUT2D eigenvalue weighted by molar-refractivity contribution is 7.91. The SMILES string of the molecule is NC(c1ccc2cccnc2c1)C1CCS(=O)(=O)C1. The first kappa shape index (κ1) is 12.6. The van der Waals surface area contributed by atoms with Crippen LogP contribution in [0, 0.1) is 5.92 Å². The first-order chi connectivity index (χ1) is 9.05. The minimum Gasteiger partial charge on any atom is -0.324 e. The van der Waals surface area contributed by atoms with Crippen LogP contribution >= 0.6 is 0 Å². The van der Waals surface area contributed by atoms with Crippen LogP contribution in [0.4, 0.5) is 0 Å². The third kappa shape index (κ3) is 2.48. The van der Waals surface area contributed by atoms with E-state index in [1.54, 1.807) is 6.20 Å². The molecule has 3 rings (SSSR count). The average molecular weight is 276 g/mol. The van der Waals surface area contributed by atoms with Gasteiger partial charge in [0.05, 0.1) is 17.0 Å². The second kappa shape index (κ2) is 4.58. The monoisotopic (exact) mass is 276 g/mol. The molecule has 1 fully saturated rings. The number of aromatic nitrogens is 1. The summed E-state index contributed by atoms with van der Waals surface area (Å²) >= 11 is 0. The molecule has 100 valence electrons. The number of nitrogens with zero attached hydrogens (tertiary/aromatic N) is 1. The molecule has 19 heavy (non-hydrogen) atoms. The molecule has 2 heterocycles. The number of fused-ring (bicyclic) bond motifs is 1. The Morgan fingerprint density at radius 3 is 2.89 bits per heavy atom. The standard InChI is InChI=1S/C14H16N2O2S/c15-14(12-5-7-19(17,18)9-12)11-4-3-10-2-1-6-16-13(10)8-11/h1-4,6,8,12,14H,5,7,9,15H2. The predicted molar refractivity (Wildman–Crippen MR) is 75.4 cm³/mol. The van der Waals surface area contributed by atoms with Crippen molar-refractivity contribution < 1.29 is 8.42 Å². The molecule has 0 radical (unpaired) electrons. The van der Waals surface area contributed by atoms with Crippen LogP contribution in [0.5, 0.6) is 0 Å². The van der Waals surface area contributed by atoms with Gasteiger partial charge in [-0.3, -0.25) is 4.98 Å². The zero-order valence-electron chi connectivity index (χ0n) is 10.5. The number of rotatable bonds is 2. The molecule has 1 aromatic carbocycles. The topological polar surface area (TPSA) is 73.0 Å². The molecule has 0 spiro atoms. The molecule has 0 amide bonds. The molecular formula is C14H16N2O2S. The highest BCUT2D eigenvalue weighted by Crippen LogP contribution is 2.30. The fourth-order valence-corrected chi connectivity index (χ4v) is 4.52. The fourth-order valence-electron chi connectivity index (χ4n) is 2.67. The van der Waals surface area contributed by atoms with Gasteiger partial charge in [0.15, 0.2) is 9.84 Å².